The van der Waals surface area contributed by atoms with Crippen LogP contribution in [-0.4, -0.2) is 0 Å². The van der Waals surface area contributed by atoms with Crippen LogP contribution in [0.2, 0.25) is 0 Å². The molecule has 9 rings (SSSR count). The molecule has 0 fully saturated rings. The SMILES string of the molecule is [2H]c1cc2c(-c3c([2H])cc(N(c4ccc(-c5c([2H])c([2H])c([2H])c([2H])c5[2H])c([2H])c4)c4c([2H])c([2H])c(-c5c([2H])c([2H])c([2H])c6c([2H])c([2H])c([2H])cc56)c([2H])c4[2H])c([2H])c3[2H])c([2H])c([2H])c(-c3c([2H])c([2H])c([2H])c([2H])c3[2H])c2cc1[2H]. The monoisotopic (exact) mass is 677 g/mol. The van der Waals surface area contributed by atoms with Crippen LogP contribution in [0, 0.1) is 0 Å². The minimum Gasteiger partial charge on any atom is -0.311 e. The summed E-state index contributed by atoms with van der Waals surface area (Å²) in [5.41, 5.74) is -5.33. The minimum absolute atomic E-state index is 0.200. The van der Waals surface area contributed by atoms with Crippen molar-refractivity contribution in [3.63, 3.8) is 0 Å². The van der Waals surface area contributed by atoms with E-state index in [-0.39, 0.29) is 27.4 Å². The lowest BCUT2D eigenvalue weighted by Gasteiger charge is -2.26. The Balaban J connectivity index is 1.37. The molecule has 0 aliphatic heterocycles. The molecule has 0 saturated carbocycles. The van der Waals surface area contributed by atoms with Crippen LogP contribution >= 0.6 is 0 Å². The third-order valence-electron chi connectivity index (χ3n) is 7.87. The molecule has 1 nitrogen and oxygen atoms in total. The molecule has 0 heterocycles. The van der Waals surface area contributed by atoms with E-state index in [0.29, 0.717) is 0 Å². The molecule has 0 N–H and O–H groups in total. The van der Waals surface area contributed by atoms with E-state index < -0.39 is 225 Å². The van der Waals surface area contributed by atoms with Crippen molar-refractivity contribution < 1.29 is 38.4 Å². The molecular formula is C50H35N. The third-order valence-corrected chi connectivity index (χ3v) is 7.87. The fourth-order valence-electron chi connectivity index (χ4n) is 5.51. The Hall–Kier alpha value is -6.70. The summed E-state index contributed by atoms with van der Waals surface area (Å²) >= 11 is 0. The van der Waals surface area contributed by atoms with Gasteiger partial charge in [0.2, 0.25) is 0 Å². The number of rotatable bonds is 7. The predicted octanol–water partition coefficient (Wildman–Crippen LogP) is 14.1. The van der Waals surface area contributed by atoms with Gasteiger partial charge < -0.3 is 4.90 Å². The lowest BCUT2D eigenvalue weighted by molar-refractivity contribution is 1.28. The summed E-state index contributed by atoms with van der Waals surface area (Å²) in [5, 5.41) is -1.09. The van der Waals surface area contributed by atoms with Gasteiger partial charge in [0.1, 0.15) is 0 Å². The first kappa shape index (κ1) is 12.9. The van der Waals surface area contributed by atoms with Gasteiger partial charge in [0.15, 0.2) is 0 Å². The smallest absolute Gasteiger partial charge is 0.0645 e. The maximum Gasteiger partial charge on any atom is 0.0645 e. The molecule has 0 aromatic heterocycles. The maximum absolute atomic E-state index is 9.64. The first-order valence-electron chi connectivity index (χ1n) is 29.2. The van der Waals surface area contributed by atoms with Gasteiger partial charge in [-0.15, -0.1) is 0 Å². The van der Waals surface area contributed by atoms with Crippen molar-refractivity contribution in [2.24, 2.45) is 0 Å². The highest BCUT2D eigenvalue weighted by molar-refractivity contribution is 6.05. The van der Waals surface area contributed by atoms with Crippen LogP contribution in [0.5, 0.6) is 0 Å². The molecule has 51 heavy (non-hydrogen) atoms. The lowest BCUT2D eigenvalue weighted by Crippen LogP contribution is -2.09. The van der Waals surface area contributed by atoms with Gasteiger partial charge in [-0.25, -0.2) is 0 Å². The van der Waals surface area contributed by atoms with Gasteiger partial charge in [0.05, 0.1) is 38.4 Å². The van der Waals surface area contributed by atoms with Crippen LogP contribution in [0.3, 0.4) is 0 Å². The molecule has 0 atom stereocenters. The molecule has 9 aromatic carbocycles. The standard InChI is InChI=1S/C50H35N/c1-3-12-36(13-4-1)37-22-28-42(29-23-37)51(43-30-24-40(25-31-43)46-21-11-17-39-16-7-8-18-45(39)46)44-32-26-41(27-33-44)48-35-34-47(38-14-5-2-6-15-38)49-19-9-10-20-50(48)49/h1-35H/i1D,2D,3D,4D,5D,6D,7D,8D,9D,10D,11D,12D,13D,14D,15D,16D,17D,21D,22D,24D,25D,26D,27D,30D,31D,32D,34D,35D. The van der Waals surface area contributed by atoms with Crippen molar-refractivity contribution in [1.82, 2.24) is 0 Å². The molecule has 0 aliphatic carbocycles. The molecule has 0 spiro atoms. The van der Waals surface area contributed by atoms with Crippen LogP contribution in [-0.2, 0) is 0 Å². The molecule has 1 heteroatoms. The topological polar surface area (TPSA) is 3.24 Å². The van der Waals surface area contributed by atoms with Gasteiger partial charge in [-0.1, -0.05) is 175 Å². The molecule has 0 amide bonds. The summed E-state index contributed by atoms with van der Waals surface area (Å²) in [5.74, 6) is 0. The summed E-state index contributed by atoms with van der Waals surface area (Å²) in [7, 11) is 0. The van der Waals surface area contributed by atoms with E-state index in [2.05, 4.69) is 0 Å². The van der Waals surface area contributed by atoms with Gasteiger partial charge in [-0.05, 0) is 102 Å². The lowest BCUT2D eigenvalue weighted by atomic mass is 9.92. The number of anilines is 3. The molecule has 0 radical (unpaired) electrons. The predicted molar refractivity (Wildman–Crippen MR) is 218 cm³/mol. The fraction of sp³-hybridized carbons (Fsp3) is 0. The van der Waals surface area contributed by atoms with Gasteiger partial charge in [-0.3, -0.25) is 0 Å². The zero-order chi connectivity index (χ0) is 58.4. The summed E-state index contributed by atoms with van der Waals surface area (Å²) in [6.07, 6.45) is 0. The molecule has 0 bridgehead atoms. The second kappa shape index (κ2) is 13.3. The van der Waals surface area contributed by atoms with Gasteiger partial charge >= 0.3 is 0 Å². The Morgan fingerprint density at radius 2 is 0.784 bits per heavy atom. The van der Waals surface area contributed by atoms with Crippen molar-refractivity contribution in [2.45, 2.75) is 0 Å². The van der Waals surface area contributed by atoms with E-state index in [1.165, 1.54) is 6.07 Å². The summed E-state index contributed by atoms with van der Waals surface area (Å²) < 4.78 is 247. The van der Waals surface area contributed by atoms with Crippen LogP contribution in [0.15, 0.2) is 212 Å². The first-order valence-corrected chi connectivity index (χ1v) is 15.2. The molecular weight excluding hydrogens is 615 g/mol. The van der Waals surface area contributed by atoms with Crippen molar-refractivity contribution in [1.29, 1.82) is 0 Å². The number of hydrogen-bond acceptors (Lipinski definition) is 1. The zero-order valence-corrected chi connectivity index (χ0v) is 26.0. The Morgan fingerprint density at radius 3 is 1.49 bits per heavy atom. The Labute approximate surface area is 338 Å². The van der Waals surface area contributed by atoms with Crippen molar-refractivity contribution in [2.75, 3.05) is 4.90 Å². The number of hydrogen-bond donors (Lipinski definition) is 0. The van der Waals surface area contributed by atoms with Crippen molar-refractivity contribution in [3.05, 3.63) is 212 Å². The zero-order valence-electron chi connectivity index (χ0n) is 54.0. The van der Waals surface area contributed by atoms with E-state index in [9.17, 15) is 13.7 Å². The van der Waals surface area contributed by atoms with Crippen LogP contribution < -0.4 is 4.90 Å². The second-order valence-corrected chi connectivity index (χ2v) is 10.8. The van der Waals surface area contributed by atoms with Crippen molar-refractivity contribution >= 4 is 38.6 Å². The normalized spacial score (nSPS) is 18.8. The van der Waals surface area contributed by atoms with Crippen LogP contribution in [0.4, 0.5) is 17.1 Å². The number of benzene rings is 9. The van der Waals surface area contributed by atoms with Gasteiger partial charge in [0.25, 0.3) is 0 Å². The number of nitrogens with zero attached hydrogens (tertiary/aromatic N) is 1. The highest BCUT2D eigenvalue weighted by Crippen LogP contribution is 2.40. The third kappa shape index (κ3) is 5.86. The summed E-state index contributed by atoms with van der Waals surface area (Å²) in [4.78, 5) is 0.862. The van der Waals surface area contributed by atoms with E-state index in [0.717, 1.165) is 41.3 Å². The summed E-state index contributed by atoms with van der Waals surface area (Å²) in [6, 6.07) is -13.6. The highest BCUT2D eigenvalue weighted by Gasteiger charge is 2.15. The Bertz CT molecular complexity index is 4150. The Kier molecular flexibility index (Phi) is 3.36. The van der Waals surface area contributed by atoms with E-state index in [1.54, 1.807) is 0 Å². The fourth-order valence-corrected chi connectivity index (χ4v) is 5.51. The first-order chi connectivity index (χ1) is 36.9. The van der Waals surface area contributed by atoms with E-state index >= 15 is 0 Å². The molecule has 0 aliphatic rings. The Morgan fingerprint density at radius 1 is 0.275 bits per heavy atom. The number of fused-ring (bicyclic) bond motifs is 2. The van der Waals surface area contributed by atoms with Crippen LogP contribution in [0.1, 0.15) is 38.4 Å². The van der Waals surface area contributed by atoms with Gasteiger partial charge in [0, 0.05) is 17.1 Å². The second-order valence-electron chi connectivity index (χ2n) is 10.8. The van der Waals surface area contributed by atoms with Gasteiger partial charge in [-0.2, -0.15) is 0 Å². The van der Waals surface area contributed by atoms with Crippen LogP contribution in [0.25, 0.3) is 66.1 Å². The quantitative estimate of drug-likeness (QED) is 0.162. The van der Waals surface area contributed by atoms with Crippen molar-refractivity contribution in [3.8, 4) is 44.5 Å². The largest absolute Gasteiger partial charge is 0.311 e. The maximum atomic E-state index is 9.64. The molecule has 0 unspecified atom stereocenters. The van der Waals surface area contributed by atoms with E-state index in [4.69, 9.17) is 24.7 Å². The molecule has 9 aromatic rings. The highest BCUT2D eigenvalue weighted by atomic mass is 15.1. The average molecular weight is 678 g/mol. The van der Waals surface area contributed by atoms with E-state index in [1.807, 2.05) is 0 Å². The summed E-state index contributed by atoms with van der Waals surface area (Å²) in [6.45, 7) is 0. The average Bonchev–Trinajstić information content (AvgIpc) is 3.42. The molecule has 240 valence electrons. The minimum atomic E-state index is -0.960. The molecule has 0 saturated heterocycles.